The van der Waals surface area contributed by atoms with Crippen LogP contribution in [0.15, 0.2) is 42.5 Å². The van der Waals surface area contributed by atoms with Crippen molar-refractivity contribution in [3.63, 3.8) is 0 Å². The van der Waals surface area contributed by atoms with E-state index < -0.39 is 0 Å². The van der Waals surface area contributed by atoms with E-state index >= 15 is 0 Å². The van der Waals surface area contributed by atoms with E-state index in [2.05, 4.69) is 19.9 Å². The predicted molar refractivity (Wildman–Crippen MR) is 104 cm³/mol. The molecule has 3 aliphatic rings. The van der Waals surface area contributed by atoms with Crippen LogP contribution in [-0.4, -0.2) is 50.9 Å². The molecular weight excluding hydrogens is 338 g/mol. The van der Waals surface area contributed by atoms with E-state index in [-0.39, 0.29) is 18.0 Å². The Labute approximate surface area is 157 Å². The summed E-state index contributed by atoms with van der Waals surface area (Å²) in [6.45, 7) is 5.53. The number of nitrogens with zero attached hydrogens (tertiary/aromatic N) is 5. The fourth-order valence-electron chi connectivity index (χ4n) is 4.31. The first kappa shape index (κ1) is 16.2. The molecule has 6 heteroatoms. The molecule has 3 aliphatic heterocycles. The van der Waals surface area contributed by atoms with Crippen LogP contribution in [-0.2, 0) is 0 Å². The van der Waals surface area contributed by atoms with Gasteiger partial charge in [-0.15, -0.1) is 0 Å². The van der Waals surface area contributed by atoms with E-state index in [1.54, 1.807) is 0 Å². The fraction of sp³-hybridized carbons (Fsp3) is 0.333. The van der Waals surface area contributed by atoms with E-state index in [0.29, 0.717) is 5.69 Å². The Morgan fingerprint density at radius 1 is 1.00 bits per heavy atom. The molecule has 1 amide bonds. The van der Waals surface area contributed by atoms with Gasteiger partial charge in [-0.3, -0.25) is 4.79 Å². The van der Waals surface area contributed by atoms with Crippen LogP contribution in [0.5, 0.6) is 0 Å². The number of rotatable bonds is 2. The minimum Gasteiger partial charge on any atom is -0.352 e. The molecule has 6 nitrogen and oxygen atoms in total. The normalized spacial score (nSPS) is 21.3. The topological polar surface area (TPSA) is 62.2 Å². The van der Waals surface area contributed by atoms with E-state index in [9.17, 15) is 4.79 Å². The van der Waals surface area contributed by atoms with Gasteiger partial charge in [-0.25, -0.2) is 15.0 Å². The van der Waals surface area contributed by atoms with Gasteiger partial charge in [0.2, 0.25) is 0 Å². The van der Waals surface area contributed by atoms with Crippen molar-refractivity contribution < 1.29 is 4.79 Å². The van der Waals surface area contributed by atoms with E-state index in [0.717, 1.165) is 47.7 Å². The second-order valence-corrected chi connectivity index (χ2v) is 7.46. The molecule has 3 saturated heterocycles. The number of para-hydroxylation sites is 1. The van der Waals surface area contributed by atoms with Crippen molar-refractivity contribution >= 4 is 22.6 Å². The van der Waals surface area contributed by atoms with E-state index in [1.807, 2.05) is 61.2 Å². The highest BCUT2D eigenvalue weighted by atomic mass is 16.2. The highest BCUT2D eigenvalue weighted by molar-refractivity contribution is 5.96. The van der Waals surface area contributed by atoms with Crippen molar-refractivity contribution in [1.29, 1.82) is 0 Å². The summed E-state index contributed by atoms with van der Waals surface area (Å²) in [5.41, 5.74) is 2.37. The van der Waals surface area contributed by atoms with Gasteiger partial charge in [0.1, 0.15) is 17.3 Å². The Morgan fingerprint density at radius 3 is 2.56 bits per heavy atom. The van der Waals surface area contributed by atoms with Crippen molar-refractivity contribution in [2.45, 2.75) is 32.4 Å². The lowest BCUT2D eigenvalue weighted by Crippen LogP contribution is -2.70. The summed E-state index contributed by atoms with van der Waals surface area (Å²) < 4.78 is 0. The molecule has 0 aliphatic carbocycles. The standard InChI is InChI=1S/C21H21N5O/c1-13-9-20(23-14(2)22-13)25-11-16-10-17(12-25)26(16)21(27)19-8-7-15-5-3-4-6-18(15)24-19/h3-9,16-17H,10-12H2,1-2H3. The highest BCUT2D eigenvalue weighted by Gasteiger charge is 2.48. The van der Waals surface area contributed by atoms with Crippen molar-refractivity contribution in [2.24, 2.45) is 0 Å². The molecule has 0 N–H and O–H groups in total. The Balaban J connectivity index is 1.36. The van der Waals surface area contributed by atoms with Crippen LogP contribution >= 0.6 is 0 Å². The molecule has 2 atom stereocenters. The van der Waals surface area contributed by atoms with Crippen LogP contribution in [0.2, 0.25) is 0 Å². The number of piperazine rings is 1. The van der Waals surface area contributed by atoms with Crippen molar-refractivity contribution in [2.75, 3.05) is 18.0 Å². The molecule has 5 heterocycles. The van der Waals surface area contributed by atoms with Gasteiger partial charge in [0.25, 0.3) is 5.91 Å². The Hall–Kier alpha value is -3.02. The number of fused-ring (bicyclic) bond motifs is 3. The SMILES string of the molecule is Cc1cc(N2CC3CC(C2)N3C(=O)c2ccc3ccccc3n2)nc(C)n1. The lowest BCUT2D eigenvalue weighted by Gasteiger charge is -2.56. The van der Waals surface area contributed by atoms with Crippen LogP contribution in [0.3, 0.4) is 0 Å². The maximum atomic E-state index is 13.1. The number of piperidine rings is 1. The molecule has 2 bridgehead atoms. The Bertz CT molecular complexity index is 1020. The molecule has 6 rings (SSSR count). The zero-order chi connectivity index (χ0) is 18.5. The number of hydrogen-bond acceptors (Lipinski definition) is 5. The average Bonchev–Trinajstić information content (AvgIpc) is 2.67. The van der Waals surface area contributed by atoms with E-state index in [4.69, 9.17) is 0 Å². The second kappa shape index (κ2) is 6.01. The molecule has 0 radical (unpaired) electrons. The number of carbonyl (C=O) groups excluding carboxylic acids is 1. The summed E-state index contributed by atoms with van der Waals surface area (Å²) in [5, 5.41) is 1.05. The molecular formula is C21H21N5O. The van der Waals surface area contributed by atoms with Crippen LogP contribution in [0.25, 0.3) is 10.9 Å². The summed E-state index contributed by atoms with van der Waals surface area (Å²) >= 11 is 0. The van der Waals surface area contributed by atoms with Gasteiger partial charge in [-0.2, -0.15) is 0 Å². The summed E-state index contributed by atoms with van der Waals surface area (Å²) in [4.78, 5) is 30.8. The highest BCUT2D eigenvalue weighted by Crippen LogP contribution is 2.35. The molecule has 0 spiro atoms. The van der Waals surface area contributed by atoms with Gasteiger partial charge in [-0.05, 0) is 32.4 Å². The number of carbonyl (C=O) groups is 1. The first-order valence-corrected chi connectivity index (χ1v) is 9.34. The number of hydrogen-bond donors (Lipinski definition) is 0. The molecule has 1 aromatic carbocycles. The summed E-state index contributed by atoms with van der Waals surface area (Å²) in [6.07, 6.45) is 1.05. The number of pyridine rings is 1. The Morgan fingerprint density at radius 2 is 1.78 bits per heavy atom. The summed E-state index contributed by atoms with van der Waals surface area (Å²) in [7, 11) is 0. The smallest absolute Gasteiger partial charge is 0.273 e. The number of benzene rings is 1. The minimum absolute atomic E-state index is 0.0386. The van der Waals surface area contributed by atoms with Crippen LogP contribution in [0.1, 0.15) is 28.4 Å². The summed E-state index contributed by atoms with van der Waals surface area (Å²) in [5.74, 6) is 1.79. The molecule has 3 fully saturated rings. The average molecular weight is 359 g/mol. The third-order valence-electron chi connectivity index (χ3n) is 5.52. The second-order valence-electron chi connectivity index (χ2n) is 7.46. The number of amides is 1. The molecule has 2 unspecified atom stereocenters. The Kier molecular flexibility index (Phi) is 3.60. The van der Waals surface area contributed by atoms with Gasteiger partial charge in [0.05, 0.1) is 17.6 Å². The third kappa shape index (κ3) is 2.72. The van der Waals surface area contributed by atoms with Crippen LogP contribution < -0.4 is 4.90 Å². The first-order chi connectivity index (χ1) is 13.1. The first-order valence-electron chi connectivity index (χ1n) is 9.34. The zero-order valence-electron chi connectivity index (χ0n) is 15.5. The quantitative estimate of drug-likeness (QED) is 0.704. The van der Waals surface area contributed by atoms with Crippen LogP contribution in [0.4, 0.5) is 5.82 Å². The number of anilines is 1. The van der Waals surface area contributed by atoms with Crippen molar-refractivity contribution in [3.8, 4) is 0 Å². The molecule has 0 saturated carbocycles. The maximum Gasteiger partial charge on any atom is 0.273 e. The van der Waals surface area contributed by atoms with Crippen LogP contribution in [0, 0.1) is 13.8 Å². The van der Waals surface area contributed by atoms with Gasteiger partial charge >= 0.3 is 0 Å². The number of aromatic nitrogens is 3. The monoisotopic (exact) mass is 359 g/mol. The lowest BCUT2D eigenvalue weighted by molar-refractivity contribution is 0.00526. The van der Waals surface area contributed by atoms with E-state index in [1.165, 1.54) is 0 Å². The van der Waals surface area contributed by atoms with Crippen molar-refractivity contribution in [3.05, 3.63) is 59.7 Å². The lowest BCUT2D eigenvalue weighted by atomic mass is 9.87. The molecule has 3 aromatic rings. The minimum atomic E-state index is 0.0386. The predicted octanol–water partition coefficient (Wildman–Crippen LogP) is 2.74. The molecule has 136 valence electrons. The largest absolute Gasteiger partial charge is 0.352 e. The maximum absolute atomic E-state index is 13.1. The zero-order valence-corrected chi connectivity index (χ0v) is 15.5. The van der Waals surface area contributed by atoms with Gasteiger partial charge in [0, 0.05) is 30.2 Å². The van der Waals surface area contributed by atoms with Gasteiger partial charge in [0.15, 0.2) is 0 Å². The van der Waals surface area contributed by atoms with Gasteiger partial charge < -0.3 is 9.80 Å². The third-order valence-corrected chi connectivity index (χ3v) is 5.52. The van der Waals surface area contributed by atoms with Gasteiger partial charge in [-0.1, -0.05) is 24.3 Å². The number of aryl methyl sites for hydroxylation is 2. The molecule has 2 aromatic heterocycles. The fourth-order valence-corrected chi connectivity index (χ4v) is 4.31. The molecule has 27 heavy (non-hydrogen) atoms. The van der Waals surface area contributed by atoms with Crippen molar-refractivity contribution in [1.82, 2.24) is 19.9 Å². The summed E-state index contributed by atoms with van der Waals surface area (Å²) in [6, 6.07) is 14.2.